The first-order chi connectivity index (χ1) is 10.7. The first-order valence-corrected chi connectivity index (χ1v) is 7.57. The lowest BCUT2D eigenvalue weighted by atomic mass is 10.2. The van der Waals surface area contributed by atoms with Crippen LogP contribution in [0.4, 0.5) is 5.82 Å². The highest BCUT2D eigenvalue weighted by Crippen LogP contribution is 2.25. The molecule has 0 aliphatic heterocycles. The molecule has 5 heteroatoms. The Hall–Kier alpha value is -2.40. The van der Waals surface area contributed by atoms with E-state index in [1.807, 2.05) is 65.2 Å². The SMILES string of the molecule is CN(C=O)c1c(C=Cc2ccccc2)nc2ccc(Br)cn12. The lowest BCUT2D eigenvalue weighted by Gasteiger charge is -2.11. The fourth-order valence-corrected chi connectivity index (χ4v) is 2.61. The molecule has 0 aliphatic carbocycles. The van der Waals surface area contributed by atoms with E-state index in [0.29, 0.717) is 0 Å². The van der Waals surface area contributed by atoms with Gasteiger partial charge in [0.15, 0.2) is 0 Å². The Morgan fingerprint density at radius 3 is 2.64 bits per heavy atom. The number of rotatable bonds is 4. The van der Waals surface area contributed by atoms with Crippen LogP contribution in [-0.2, 0) is 4.79 Å². The van der Waals surface area contributed by atoms with Crippen LogP contribution in [0.25, 0.3) is 17.8 Å². The van der Waals surface area contributed by atoms with E-state index in [1.165, 1.54) is 4.90 Å². The van der Waals surface area contributed by atoms with Crippen LogP contribution in [0.15, 0.2) is 53.1 Å². The fourth-order valence-electron chi connectivity index (χ4n) is 2.28. The second-order valence-electron chi connectivity index (χ2n) is 4.86. The van der Waals surface area contributed by atoms with Crippen molar-refractivity contribution in [2.75, 3.05) is 11.9 Å². The van der Waals surface area contributed by atoms with Gasteiger partial charge in [0.2, 0.25) is 6.41 Å². The average molecular weight is 356 g/mol. The van der Waals surface area contributed by atoms with Gasteiger partial charge in [0.05, 0.1) is 0 Å². The number of pyridine rings is 1. The highest BCUT2D eigenvalue weighted by molar-refractivity contribution is 9.10. The van der Waals surface area contributed by atoms with Gasteiger partial charge in [0.25, 0.3) is 0 Å². The molecule has 4 nitrogen and oxygen atoms in total. The summed E-state index contributed by atoms with van der Waals surface area (Å²) in [4.78, 5) is 17.3. The second kappa shape index (κ2) is 6.15. The van der Waals surface area contributed by atoms with Gasteiger partial charge in [-0.1, -0.05) is 36.4 Å². The smallest absolute Gasteiger partial charge is 0.215 e. The topological polar surface area (TPSA) is 37.6 Å². The summed E-state index contributed by atoms with van der Waals surface area (Å²) in [5.41, 5.74) is 2.62. The van der Waals surface area contributed by atoms with Gasteiger partial charge in [-0.2, -0.15) is 0 Å². The standard InChI is InChI=1S/C17H14BrN3O/c1-20(12-22)17-15(9-7-13-5-3-2-4-6-13)19-16-10-8-14(18)11-21(16)17/h2-12H,1H3. The van der Waals surface area contributed by atoms with Gasteiger partial charge in [-0.3, -0.25) is 9.20 Å². The van der Waals surface area contributed by atoms with Crippen LogP contribution in [-0.4, -0.2) is 22.8 Å². The van der Waals surface area contributed by atoms with Crippen LogP contribution in [0.5, 0.6) is 0 Å². The first-order valence-electron chi connectivity index (χ1n) is 6.78. The highest BCUT2D eigenvalue weighted by atomic mass is 79.9. The number of nitrogens with zero attached hydrogens (tertiary/aromatic N) is 3. The van der Waals surface area contributed by atoms with E-state index in [4.69, 9.17) is 0 Å². The van der Waals surface area contributed by atoms with Crippen molar-refractivity contribution in [3.8, 4) is 0 Å². The summed E-state index contributed by atoms with van der Waals surface area (Å²) in [5, 5.41) is 0. The molecule has 0 fully saturated rings. The molecule has 0 spiro atoms. The van der Waals surface area contributed by atoms with E-state index in [9.17, 15) is 4.79 Å². The number of carbonyl (C=O) groups excluding carboxylic acids is 1. The maximum atomic E-state index is 11.2. The molecule has 0 aliphatic rings. The quantitative estimate of drug-likeness (QED) is 0.666. The number of hydrogen-bond donors (Lipinski definition) is 0. The summed E-state index contributed by atoms with van der Waals surface area (Å²) in [7, 11) is 1.72. The number of anilines is 1. The third-order valence-corrected chi connectivity index (χ3v) is 3.78. The Morgan fingerprint density at radius 2 is 1.91 bits per heavy atom. The largest absolute Gasteiger partial charge is 0.302 e. The summed E-state index contributed by atoms with van der Waals surface area (Å²) in [6.45, 7) is 0. The van der Waals surface area contributed by atoms with Crippen LogP contribution in [0.3, 0.4) is 0 Å². The minimum Gasteiger partial charge on any atom is -0.302 e. The molecule has 0 atom stereocenters. The Kier molecular flexibility index (Phi) is 4.06. The molecule has 0 bridgehead atoms. The number of imidazole rings is 1. The van der Waals surface area contributed by atoms with Crippen molar-refractivity contribution in [3.05, 3.63) is 64.4 Å². The molecule has 0 N–H and O–H groups in total. The number of amides is 1. The molecule has 22 heavy (non-hydrogen) atoms. The van der Waals surface area contributed by atoms with E-state index in [1.54, 1.807) is 7.05 Å². The van der Waals surface area contributed by atoms with Gasteiger partial charge in [-0.15, -0.1) is 0 Å². The molecular formula is C17H14BrN3O. The normalized spacial score (nSPS) is 11.2. The monoisotopic (exact) mass is 355 g/mol. The van der Waals surface area contributed by atoms with Gasteiger partial charge >= 0.3 is 0 Å². The molecule has 0 radical (unpaired) electrons. The van der Waals surface area contributed by atoms with E-state index in [-0.39, 0.29) is 0 Å². The van der Waals surface area contributed by atoms with E-state index in [2.05, 4.69) is 20.9 Å². The lowest BCUT2D eigenvalue weighted by molar-refractivity contribution is -0.107. The van der Waals surface area contributed by atoms with Crippen LogP contribution >= 0.6 is 15.9 Å². The predicted molar refractivity (Wildman–Crippen MR) is 92.7 cm³/mol. The Labute approximate surface area is 136 Å². The molecule has 3 aromatic rings. The van der Waals surface area contributed by atoms with Crippen molar-refractivity contribution in [2.45, 2.75) is 0 Å². The summed E-state index contributed by atoms with van der Waals surface area (Å²) in [5.74, 6) is 0.735. The zero-order valence-corrected chi connectivity index (χ0v) is 13.6. The number of hydrogen-bond acceptors (Lipinski definition) is 2. The number of fused-ring (bicyclic) bond motifs is 1. The number of aromatic nitrogens is 2. The zero-order chi connectivity index (χ0) is 15.5. The number of carbonyl (C=O) groups is 1. The van der Waals surface area contributed by atoms with Crippen molar-refractivity contribution >= 4 is 46.0 Å². The second-order valence-corrected chi connectivity index (χ2v) is 5.77. The molecule has 2 heterocycles. The van der Waals surface area contributed by atoms with Gasteiger partial charge in [0.1, 0.15) is 17.2 Å². The van der Waals surface area contributed by atoms with Gasteiger partial charge in [-0.05, 0) is 39.7 Å². The Bertz CT molecular complexity index is 840. The summed E-state index contributed by atoms with van der Waals surface area (Å²) in [6.07, 6.45) is 6.59. The molecule has 0 unspecified atom stereocenters. The van der Waals surface area contributed by atoms with Gasteiger partial charge in [-0.25, -0.2) is 4.98 Å². The predicted octanol–water partition coefficient (Wildman–Crippen LogP) is 3.86. The first kappa shape index (κ1) is 14.5. The van der Waals surface area contributed by atoms with Gasteiger partial charge < -0.3 is 4.90 Å². The van der Waals surface area contributed by atoms with Crippen molar-refractivity contribution in [1.29, 1.82) is 0 Å². The average Bonchev–Trinajstić information content (AvgIpc) is 2.90. The van der Waals surface area contributed by atoms with Crippen LogP contribution in [0.2, 0.25) is 0 Å². The third kappa shape index (κ3) is 2.80. The van der Waals surface area contributed by atoms with Crippen LogP contribution in [0, 0.1) is 0 Å². The molecule has 110 valence electrons. The van der Waals surface area contributed by atoms with E-state index < -0.39 is 0 Å². The Balaban J connectivity index is 2.12. The molecule has 0 saturated heterocycles. The Morgan fingerprint density at radius 1 is 1.14 bits per heavy atom. The van der Waals surface area contributed by atoms with Crippen LogP contribution in [0.1, 0.15) is 11.3 Å². The lowest BCUT2D eigenvalue weighted by Crippen LogP contribution is -2.16. The van der Waals surface area contributed by atoms with Gasteiger partial charge in [0, 0.05) is 17.7 Å². The maximum Gasteiger partial charge on any atom is 0.215 e. The highest BCUT2D eigenvalue weighted by Gasteiger charge is 2.14. The molecule has 0 saturated carbocycles. The number of halogens is 1. The van der Waals surface area contributed by atoms with Crippen molar-refractivity contribution in [3.63, 3.8) is 0 Å². The molecule has 1 aromatic carbocycles. The summed E-state index contributed by atoms with van der Waals surface area (Å²) >= 11 is 3.45. The van der Waals surface area contributed by atoms with E-state index >= 15 is 0 Å². The number of benzene rings is 1. The zero-order valence-electron chi connectivity index (χ0n) is 12.0. The molecule has 3 rings (SSSR count). The third-order valence-electron chi connectivity index (χ3n) is 3.31. The molecule has 2 aromatic heterocycles. The van der Waals surface area contributed by atoms with Crippen LogP contribution < -0.4 is 4.90 Å². The fraction of sp³-hybridized carbons (Fsp3) is 0.0588. The maximum absolute atomic E-state index is 11.2. The van der Waals surface area contributed by atoms with E-state index in [0.717, 1.165) is 33.6 Å². The van der Waals surface area contributed by atoms with Crippen molar-refractivity contribution in [2.24, 2.45) is 0 Å². The van der Waals surface area contributed by atoms with Crippen molar-refractivity contribution in [1.82, 2.24) is 9.38 Å². The van der Waals surface area contributed by atoms with Crippen molar-refractivity contribution < 1.29 is 4.79 Å². The molecular weight excluding hydrogens is 342 g/mol. The summed E-state index contributed by atoms with van der Waals surface area (Å²) < 4.78 is 2.82. The minimum atomic E-state index is 0.735. The minimum absolute atomic E-state index is 0.735. The summed E-state index contributed by atoms with van der Waals surface area (Å²) in [6, 6.07) is 13.8. The molecule has 1 amide bonds.